The molecule has 0 spiro atoms. The topological polar surface area (TPSA) is 46.5 Å². The monoisotopic (exact) mass is 188 g/mol. The zero-order chi connectivity index (χ0) is 9.84. The molecule has 1 heterocycles. The number of aliphatic carboxylic acids is 1. The van der Waals surface area contributed by atoms with E-state index in [1.165, 1.54) is 0 Å². The number of hydrogen-bond donors (Lipinski definition) is 1. The fraction of sp³-hybridized carbons (Fsp3) is 0.667. The zero-order valence-electron chi connectivity index (χ0n) is 7.55. The third-order valence-corrected chi connectivity index (χ3v) is 2.16. The summed E-state index contributed by atoms with van der Waals surface area (Å²) in [6.45, 7) is 2.14. The maximum Gasteiger partial charge on any atom is 0.331 e. The molecule has 0 aromatic carbocycles. The van der Waals surface area contributed by atoms with E-state index in [1.807, 2.05) is 0 Å². The Labute approximate surface area is 76.2 Å². The lowest BCUT2D eigenvalue weighted by molar-refractivity contribution is -0.133. The van der Waals surface area contributed by atoms with Crippen LogP contribution in [0.4, 0.5) is 4.39 Å². The number of carbonyl (C=O) groups is 1. The molecular weight excluding hydrogens is 175 g/mol. The summed E-state index contributed by atoms with van der Waals surface area (Å²) < 4.78 is 18.1. The van der Waals surface area contributed by atoms with Crippen molar-refractivity contribution in [3.63, 3.8) is 0 Å². The Morgan fingerprint density at radius 3 is 2.92 bits per heavy atom. The largest absolute Gasteiger partial charge is 0.478 e. The van der Waals surface area contributed by atoms with Crippen molar-refractivity contribution in [2.24, 2.45) is 0 Å². The summed E-state index contributed by atoms with van der Waals surface area (Å²) >= 11 is 0. The van der Waals surface area contributed by atoms with Gasteiger partial charge in [0.05, 0.1) is 13.2 Å². The highest BCUT2D eigenvalue weighted by atomic mass is 19.1. The first-order chi connectivity index (χ1) is 6.16. The van der Waals surface area contributed by atoms with Crippen LogP contribution in [0.5, 0.6) is 0 Å². The van der Waals surface area contributed by atoms with E-state index < -0.39 is 12.1 Å². The Hall–Kier alpha value is -0.900. The van der Waals surface area contributed by atoms with E-state index in [9.17, 15) is 9.18 Å². The second-order valence-corrected chi connectivity index (χ2v) is 2.95. The quantitative estimate of drug-likeness (QED) is 0.668. The van der Waals surface area contributed by atoms with Gasteiger partial charge in [0.1, 0.15) is 6.17 Å². The summed E-state index contributed by atoms with van der Waals surface area (Å²) in [5, 5.41) is 8.78. The Bertz CT molecular complexity index is 235. The summed E-state index contributed by atoms with van der Waals surface area (Å²) in [4.78, 5) is 10.7. The highest BCUT2D eigenvalue weighted by Gasteiger charge is 2.24. The molecule has 4 heteroatoms. The van der Waals surface area contributed by atoms with Crippen molar-refractivity contribution in [2.45, 2.75) is 25.9 Å². The van der Waals surface area contributed by atoms with E-state index in [0.717, 1.165) is 0 Å². The molecule has 0 aliphatic carbocycles. The molecule has 13 heavy (non-hydrogen) atoms. The second-order valence-electron chi connectivity index (χ2n) is 2.95. The third kappa shape index (κ3) is 2.28. The molecule has 1 saturated heterocycles. The summed E-state index contributed by atoms with van der Waals surface area (Å²) in [7, 11) is 0. The number of carboxylic acid groups (broad SMARTS) is 1. The van der Waals surface area contributed by atoms with Crippen LogP contribution in [0.2, 0.25) is 0 Å². The van der Waals surface area contributed by atoms with Crippen molar-refractivity contribution in [1.29, 1.82) is 0 Å². The van der Waals surface area contributed by atoms with Crippen LogP contribution in [0.25, 0.3) is 0 Å². The number of rotatable bonds is 2. The average Bonchev–Trinajstić information content (AvgIpc) is 2.09. The molecule has 0 aromatic heterocycles. The van der Waals surface area contributed by atoms with Crippen molar-refractivity contribution in [3.8, 4) is 0 Å². The van der Waals surface area contributed by atoms with Crippen LogP contribution >= 0.6 is 0 Å². The minimum atomic E-state index is -1.24. The van der Waals surface area contributed by atoms with Crippen LogP contribution in [0.15, 0.2) is 11.1 Å². The van der Waals surface area contributed by atoms with Gasteiger partial charge in [-0.15, -0.1) is 0 Å². The molecule has 1 aliphatic rings. The minimum absolute atomic E-state index is 0.00782. The standard InChI is InChI=1S/C9H13FO3/c1-2-6(9(11)12)7-3-4-13-5-8(7)10/h8H,2-5H2,1H3,(H,11,12)/b7-6-. The smallest absolute Gasteiger partial charge is 0.331 e. The lowest BCUT2D eigenvalue weighted by Gasteiger charge is -2.21. The molecule has 0 amide bonds. The second kappa shape index (κ2) is 4.37. The van der Waals surface area contributed by atoms with Crippen LogP contribution < -0.4 is 0 Å². The minimum Gasteiger partial charge on any atom is -0.478 e. The Balaban J connectivity index is 2.89. The molecule has 1 atom stereocenters. The lowest BCUT2D eigenvalue weighted by atomic mass is 9.98. The van der Waals surface area contributed by atoms with E-state index in [-0.39, 0.29) is 12.2 Å². The number of carboxylic acids is 1. The van der Waals surface area contributed by atoms with Crippen LogP contribution in [-0.4, -0.2) is 30.5 Å². The summed E-state index contributed by atoms with van der Waals surface area (Å²) in [6.07, 6.45) is -0.471. The lowest BCUT2D eigenvalue weighted by Crippen LogP contribution is -2.24. The van der Waals surface area contributed by atoms with Gasteiger partial charge < -0.3 is 9.84 Å². The van der Waals surface area contributed by atoms with Crippen molar-refractivity contribution in [3.05, 3.63) is 11.1 Å². The van der Waals surface area contributed by atoms with E-state index in [4.69, 9.17) is 9.84 Å². The van der Waals surface area contributed by atoms with E-state index in [0.29, 0.717) is 25.0 Å². The fourth-order valence-electron chi connectivity index (χ4n) is 1.48. The first-order valence-corrected chi connectivity index (χ1v) is 4.33. The number of ether oxygens (including phenoxy) is 1. The first kappa shape index (κ1) is 10.2. The zero-order valence-corrected chi connectivity index (χ0v) is 7.55. The molecule has 0 aromatic rings. The summed E-state index contributed by atoms with van der Waals surface area (Å²) in [6, 6.07) is 0. The van der Waals surface area contributed by atoms with Crippen LogP contribution in [0.3, 0.4) is 0 Å². The molecular formula is C9H13FO3. The number of hydrogen-bond acceptors (Lipinski definition) is 2. The molecule has 0 bridgehead atoms. The van der Waals surface area contributed by atoms with Gasteiger partial charge >= 0.3 is 5.97 Å². The van der Waals surface area contributed by atoms with Gasteiger partial charge in [-0.05, 0) is 18.4 Å². The molecule has 3 nitrogen and oxygen atoms in total. The van der Waals surface area contributed by atoms with E-state index >= 15 is 0 Å². The van der Waals surface area contributed by atoms with Crippen molar-refractivity contribution < 1.29 is 19.0 Å². The van der Waals surface area contributed by atoms with E-state index in [1.54, 1.807) is 6.92 Å². The normalized spacial score (nSPS) is 27.1. The van der Waals surface area contributed by atoms with Crippen molar-refractivity contribution >= 4 is 5.97 Å². The predicted molar refractivity (Wildman–Crippen MR) is 45.3 cm³/mol. The van der Waals surface area contributed by atoms with Crippen LogP contribution in [0, 0.1) is 0 Å². The summed E-state index contributed by atoms with van der Waals surface area (Å²) in [5.41, 5.74) is 0.608. The SMILES string of the molecule is CC/C(C(=O)O)=C1\CCOCC1F. The van der Waals surface area contributed by atoms with Crippen LogP contribution in [0.1, 0.15) is 19.8 Å². The molecule has 1 aliphatic heterocycles. The van der Waals surface area contributed by atoms with E-state index in [2.05, 4.69) is 0 Å². The van der Waals surface area contributed by atoms with Gasteiger partial charge in [-0.1, -0.05) is 6.92 Å². The molecule has 0 radical (unpaired) electrons. The van der Waals surface area contributed by atoms with Crippen molar-refractivity contribution in [2.75, 3.05) is 13.2 Å². The number of halogens is 1. The Morgan fingerprint density at radius 2 is 2.46 bits per heavy atom. The average molecular weight is 188 g/mol. The van der Waals surface area contributed by atoms with Gasteiger partial charge in [-0.2, -0.15) is 0 Å². The van der Waals surface area contributed by atoms with Gasteiger partial charge in [-0.25, -0.2) is 9.18 Å². The molecule has 0 saturated carbocycles. The number of alkyl halides is 1. The molecule has 1 unspecified atom stereocenters. The molecule has 74 valence electrons. The molecule has 1 N–H and O–H groups in total. The highest BCUT2D eigenvalue weighted by molar-refractivity contribution is 5.87. The first-order valence-electron chi connectivity index (χ1n) is 4.33. The predicted octanol–water partition coefficient (Wildman–Crippen LogP) is 1.54. The Morgan fingerprint density at radius 1 is 1.77 bits per heavy atom. The van der Waals surface area contributed by atoms with Crippen molar-refractivity contribution in [1.82, 2.24) is 0 Å². The van der Waals surface area contributed by atoms with Gasteiger partial charge in [0.2, 0.25) is 0 Å². The van der Waals surface area contributed by atoms with Crippen LogP contribution in [-0.2, 0) is 9.53 Å². The molecule has 1 fully saturated rings. The highest BCUT2D eigenvalue weighted by Crippen LogP contribution is 2.23. The maximum absolute atomic E-state index is 13.2. The van der Waals surface area contributed by atoms with Gasteiger partial charge in [-0.3, -0.25) is 0 Å². The third-order valence-electron chi connectivity index (χ3n) is 2.16. The fourth-order valence-corrected chi connectivity index (χ4v) is 1.48. The summed E-state index contributed by atoms with van der Waals surface area (Å²) in [5.74, 6) is -1.01. The van der Waals surface area contributed by atoms with Gasteiger partial charge in [0.25, 0.3) is 0 Å². The van der Waals surface area contributed by atoms with Gasteiger partial charge in [0.15, 0.2) is 0 Å². The maximum atomic E-state index is 13.2. The molecule has 1 rings (SSSR count). The Kier molecular flexibility index (Phi) is 3.42. The van der Waals surface area contributed by atoms with Gasteiger partial charge in [0, 0.05) is 5.57 Å².